The Kier molecular flexibility index (Phi) is 7.24. The monoisotopic (exact) mass is 440 g/mol. The Morgan fingerprint density at radius 2 is 1.67 bits per heavy atom. The van der Waals surface area contributed by atoms with Gasteiger partial charge < -0.3 is 9.52 Å². The van der Waals surface area contributed by atoms with Crippen LogP contribution in [0, 0.1) is 5.92 Å². The average molecular weight is 441 g/mol. The van der Waals surface area contributed by atoms with E-state index in [0.29, 0.717) is 11.4 Å². The highest BCUT2D eigenvalue weighted by Crippen LogP contribution is 2.40. The van der Waals surface area contributed by atoms with Crippen molar-refractivity contribution >= 4 is 22.6 Å². The predicted octanol–water partition coefficient (Wildman–Crippen LogP) is 7.45. The highest BCUT2D eigenvalue weighted by atomic mass is 35.5. The molecule has 0 spiro atoms. The zero-order chi connectivity index (χ0) is 21.3. The van der Waals surface area contributed by atoms with E-state index in [1.807, 2.05) is 13.8 Å². The number of rotatable bonds is 5. The van der Waals surface area contributed by atoms with E-state index in [-0.39, 0.29) is 41.2 Å². The standard InChI is InChI=1S/C22H20ClF3O3.CH4/c1-3-12(4-2)11-16-17(27)10-9-15-19(28)18(13-5-7-14(23)8-6-13)21(22(24,25)26)29-20(15)16;/h5-10,12,27H,3-4,11H2,1-2H3;1H4. The van der Waals surface area contributed by atoms with E-state index in [9.17, 15) is 23.1 Å². The summed E-state index contributed by atoms with van der Waals surface area (Å²) in [5.74, 6) is -1.42. The molecule has 7 heteroatoms. The summed E-state index contributed by atoms with van der Waals surface area (Å²) in [6.45, 7) is 3.93. The maximum atomic E-state index is 13.8. The van der Waals surface area contributed by atoms with Crippen LogP contribution in [0.4, 0.5) is 13.2 Å². The third kappa shape index (κ3) is 4.48. The van der Waals surface area contributed by atoms with E-state index < -0.39 is 22.9 Å². The zero-order valence-corrected chi connectivity index (χ0v) is 16.7. The summed E-state index contributed by atoms with van der Waals surface area (Å²) in [7, 11) is 0. The molecule has 3 nitrogen and oxygen atoms in total. The summed E-state index contributed by atoms with van der Waals surface area (Å²) in [4.78, 5) is 13.1. The Hall–Kier alpha value is -2.47. The van der Waals surface area contributed by atoms with E-state index in [2.05, 4.69) is 0 Å². The van der Waals surface area contributed by atoms with Crippen LogP contribution in [-0.2, 0) is 12.6 Å². The fourth-order valence-corrected chi connectivity index (χ4v) is 3.57. The maximum absolute atomic E-state index is 13.8. The van der Waals surface area contributed by atoms with Gasteiger partial charge in [-0.05, 0) is 42.2 Å². The minimum Gasteiger partial charge on any atom is -0.508 e. The number of fused-ring (bicyclic) bond motifs is 1. The third-order valence-corrected chi connectivity index (χ3v) is 5.43. The fraction of sp³-hybridized carbons (Fsp3) is 0.348. The lowest BCUT2D eigenvalue weighted by Crippen LogP contribution is -2.17. The molecule has 1 heterocycles. The van der Waals surface area contributed by atoms with Crippen molar-refractivity contribution in [1.29, 1.82) is 0 Å². The third-order valence-electron chi connectivity index (χ3n) is 5.18. The number of phenolic OH excluding ortho intramolecular Hbond substituents is 1. The number of aromatic hydroxyl groups is 1. The molecule has 30 heavy (non-hydrogen) atoms. The molecular weight excluding hydrogens is 417 g/mol. The zero-order valence-electron chi connectivity index (χ0n) is 15.9. The van der Waals surface area contributed by atoms with Gasteiger partial charge in [0.05, 0.1) is 10.9 Å². The number of hydrogen-bond donors (Lipinski definition) is 1. The summed E-state index contributed by atoms with van der Waals surface area (Å²) < 4.78 is 46.8. The lowest BCUT2D eigenvalue weighted by Gasteiger charge is -2.17. The first-order chi connectivity index (χ1) is 13.7. The van der Waals surface area contributed by atoms with Crippen LogP contribution in [0.3, 0.4) is 0 Å². The van der Waals surface area contributed by atoms with Crippen molar-refractivity contribution in [2.45, 2.75) is 46.7 Å². The normalized spacial score (nSPS) is 11.7. The van der Waals surface area contributed by atoms with Gasteiger partial charge >= 0.3 is 6.18 Å². The van der Waals surface area contributed by atoms with Crippen molar-refractivity contribution in [3.63, 3.8) is 0 Å². The minimum absolute atomic E-state index is 0. The summed E-state index contributed by atoms with van der Waals surface area (Å²) in [6.07, 6.45) is -3.01. The molecule has 2 aromatic carbocycles. The van der Waals surface area contributed by atoms with E-state index in [4.69, 9.17) is 16.0 Å². The Balaban J connectivity index is 0.00000320. The molecule has 0 saturated heterocycles. The molecule has 0 atom stereocenters. The molecule has 0 aliphatic heterocycles. The van der Waals surface area contributed by atoms with E-state index in [0.717, 1.165) is 12.8 Å². The van der Waals surface area contributed by atoms with Gasteiger partial charge in [-0.15, -0.1) is 0 Å². The molecule has 0 amide bonds. The number of halogens is 4. The minimum atomic E-state index is -4.89. The molecule has 0 fully saturated rings. The summed E-state index contributed by atoms with van der Waals surface area (Å²) in [6, 6.07) is 8.15. The molecule has 0 aliphatic rings. The van der Waals surface area contributed by atoms with Crippen LogP contribution in [0.2, 0.25) is 5.02 Å². The smallest absolute Gasteiger partial charge is 0.450 e. The van der Waals surface area contributed by atoms with Crippen LogP contribution in [0.25, 0.3) is 22.1 Å². The average Bonchev–Trinajstić information content (AvgIpc) is 2.67. The first-order valence-corrected chi connectivity index (χ1v) is 9.69. The Morgan fingerprint density at radius 3 is 2.20 bits per heavy atom. The van der Waals surface area contributed by atoms with Crippen molar-refractivity contribution in [2.24, 2.45) is 5.92 Å². The molecule has 3 rings (SSSR count). The number of phenols is 1. The number of benzene rings is 2. The van der Waals surface area contributed by atoms with Crippen LogP contribution < -0.4 is 5.43 Å². The Bertz CT molecular complexity index is 1080. The van der Waals surface area contributed by atoms with Crippen LogP contribution in [0.5, 0.6) is 5.75 Å². The van der Waals surface area contributed by atoms with Crippen molar-refractivity contribution in [2.75, 3.05) is 0 Å². The highest BCUT2D eigenvalue weighted by Gasteiger charge is 2.39. The van der Waals surface area contributed by atoms with E-state index >= 15 is 0 Å². The summed E-state index contributed by atoms with van der Waals surface area (Å²) in [5.41, 5.74) is -1.30. The maximum Gasteiger partial charge on any atom is 0.450 e. The second-order valence-electron chi connectivity index (χ2n) is 6.97. The van der Waals surface area contributed by atoms with Gasteiger partial charge in [-0.3, -0.25) is 4.79 Å². The van der Waals surface area contributed by atoms with Crippen molar-refractivity contribution in [1.82, 2.24) is 0 Å². The second-order valence-corrected chi connectivity index (χ2v) is 7.40. The van der Waals surface area contributed by atoms with Gasteiger partial charge in [-0.25, -0.2) is 0 Å². The molecule has 162 valence electrons. The highest BCUT2D eigenvalue weighted by molar-refractivity contribution is 6.30. The molecule has 3 aromatic rings. The first kappa shape index (κ1) is 23.8. The lowest BCUT2D eigenvalue weighted by molar-refractivity contribution is -0.152. The number of hydrogen-bond acceptors (Lipinski definition) is 3. The van der Waals surface area contributed by atoms with Crippen molar-refractivity contribution in [3.05, 3.63) is 63.0 Å². The Labute approximate surface area is 178 Å². The van der Waals surface area contributed by atoms with Gasteiger partial charge in [0.25, 0.3) is 0 Å². The van der Waals surface area contributed by atoms with Crippen molar-refractivity contribution in [3.8, 4) is 16.9 Å². The van der Waals surface area contributed by atoms with Gasteiger partial charge in [0.2, 0.25) is 11.2 Å². The predicted molar refractivity (Wildman–Crippen MR) is 114 cm³/mol. The first-order valence-electron chi connectivity index (χ1n) is 9.32. The Morgan fingerprint density at radius 1 is 1.07 bits per heavy atom. The topological polar surface area (TPSA) is 50.4 Å². The molecule has 1 N–H and O–H groups in total. The summed E-state index contributed by atoms with van der Waals surface area (Å²) >= 11 is 5.83. The van der Waals surface area contributed by atoms with Crippen LogP contribution in [0.1, 0.15) is 45.4 Å². The van der Waals surface area contributed by atoms with Crippen LogP contribution >= 0.6 is 11.6 Å². The summed E-state index contributed by atoms with van der Waals surface area (Å²) in [5, 5.41) is 10.6. The SMILES string of the molecule is C.CCC(CC)Cc1c(O)ccc2c(=O)c(-c3ccc(Cl)cc3)c(C(F)(F)F)oc12. The van der Waals surface area contributed by atoms with Crippen molar-refractivity contribution < 1.29 is 22.7 Å². The molecular formula is C23H24ClF3O3. The molecule has 0 saturated carbocycles. The van der Waals surface area contributed by atoms with E-state index in [1.165, 1.54) is 36.4 Å². The van der Waals surface area contributed by atoms with E-state index in [1.54, 1.807) is 0 Å². The number of alkyl halides is 3. The van der Waals surface area contributed by atoms with Gasteiger partial charge in [0.15, 0.2) is 0 Å². The fourth-order valence-electron chi connectivity index (χ4n) is 3.45. The molecule has 1 aromatic heterocycles. The molecule has 0 unspecified atom stereocenters. The van der Waals surface area contributed by atoms with Gasteiger partial charge in [-0.1, -0.05) is 57.8 Å². The molecule has 0 radical (unpaired) electrons. The van der Waals surface area contributed by atoms with Gasteiger partial charge in [-0.2, -0.15) is 13.2 Å². The quantitative estimate of drug-likeness (QED) is 0.448. The molecule has 0 bridgehead atoms. The van der Waals surface area contributed by atoms with Gasteiger partial charge in [0, 0.05) is 10.6 Å². The lowest BCUT2D eigenvalue weighted by atomic mass is 9.92. The molecule has 0 aliphatic carbocycles. The van der Waals surface area contributed by atoms with Gasteiger partial charge in [0.1, 0.15) is 11.3 Å². The van der Waals surface area contributed by atoms with Crippen LogP contribution in [-0.4, -0.2) is 5.11 Å². The largest absolute Gasteiger partial charge is 0.508 e. The van der Waals surface area contributed by atoms with Crippen LogP contribution in [0.15, 0.2) is 45.6 Å². The second kappa shape index (κ2) is 9.13.